The van der Waals surface area contributed by atoms with Crippen molar-refractivity contribution in [2.45, 2.75) is 77.4 Å². The molecule has 116 valence electrons. The molecule has 2 heteroatoms. The van der Waals surface area contributed by atoms with Crippen LogP contribution in [0.3, 0.4) is 0 Å². The van der Waals surface area contributed by atoms with Gasteiger partial charge in [0, 0.05) is 16.9 Å². The summed E-state index contributed by atoms with van der Waals surface area (Å²) in [5.74, 6) is 0.644. The molecule has 4 aliphatic rings. The minimum Gasteiger partial charge on any atom is -0.393 e. The Hall–Kier alpha value is -0.600. The molecule has 3 N–H and O–H groups in total. The van der Waals surface area contributed by atoms with Gasteiger partial charge in [-0.25, -0.2) is 0 Å². The van der Waals surface area contributed by atoms with Crippen molar-refractivity contribution in [3.63, 3.8) is 0 Å². The molecule has 0 heterocycles. The average molecular weight is 287 g/mol. The van der Waals surface area contributed by atoms with Crippen LogP contribution in [0.25, 0.3) is 0 Å². The van der Waals surface area contributed by atoms with Crippen molar-refractivity contribution in [2.24, 2.45) is 22.5 Å². The highest BCUT2D eigenvalue weighted by molar-refractivity contribution is 5.42. The van der Waals surface area contributed by atoms with Crippen LogP contribution in [0.4, 0.5) is 0 Å². The number of hydrogen-bond acceptors (Lipinski definition) is 2. The first-order valence-electron chi connectivity index (χ1n) is 8.82. The summed E-state index contributed by atoms with van der Waals surface area (Å²) in [7, 11) is 0. The lowest BCUT2D eigenvalue weighted by Crippen LogP contribution is -2.42. The molecule has 1 saturated carbocycles. The van der Waals surface area contributed by atoms with E-state index in [-0.39, 0.29) is 17.6 Å². The van der Waals surface area contributed by atoms with Crippen LogP contribution in [0.2, 0.25) is 0 Å². The first-order chi connectivity index (χ1) is 9.95. The second-order valence-corrected chi connectivity index (χ2v) is 8.38. The number of aliphatic hydroxyl groups is 1. The third-order valence-electron chi connectivity index (χ3n) is 7.44. The van der Waals surface area contributed by atoms with E-state index in [2.05, 4.69) is 19.9 Å². The topological polar surface area (TPSA) is 46.2 Å². The Morgan fingerprint density at radius 1 is 1.10 bits per heavy atom. The van der Waals surface area contributed by atoms with Gasteiger partial charge in [-0.2, -0.15) is 0 Å². The third kappa shape index (κ3) is 1.78. The SMILES string of the molecule is C[C@]12CCC(N)C=C1CCC1=C2CC[C@]2(C)C(O)CC[C@@H]12. The van der Waals surface area contributed by atoms with Gasteiger partial charge in [-0.05, 0) is 57.3 Å². The van der Waals surface area contributed by atoms with Gasteiger partial charge in [-0.3, -0.25) is 0 Å². The van der Waals surface area contributed by atoms with Gasteiger partial charge in [0.2, 0.25) is 0 Å². The van der Waals surface area contributed by atoms with Gasteiger partial charge in [0.05, 0.1) is 6.10 Å². The Bertz CT molecular complexity index is 534. The molecular formula is C19H29NO. The standard InChI is InChI=1S/C19H29NO/c1-18-9-7-13(20)11-12(18)3-4-14-15-5-6-17(21)19(15,2)10-8-16(14)18/h11,13,15,17,21H,3-10,20H2,1-2H3/t13?,15-,17?,18-,19-/m0/s1. The maximum absolute atomic E-state index is 10.5. The van der Waals surface area contributed by atoms with Crippen LogP contribution in [0.5, 0.6) is 0 Å². The van der Waals surface area contributed by atoms with Gasteiger partial charge in [-0.1, -0.05) is 36.6 Å². The zero-order chi connectivity index (χ0) is 14.8. The zero-order valence-corrected chi connectivity index (χ0v) is 13.5. The fourth-order valence-electron chi connectivity index (χ4n) is 5.96. The highest BCUT2D eigenvalue weighted by Crippen LogP contribution is 2.62. The van der Waals surface area contributed by atoms with E-state index >= 15 is 0 Å². The number of nitrogens with two attached hydrogens (primary N) is 1. The summed E-state index contributed by atoms with van der Waals surface area (Å²) in [5.41, 5.74) is 11.7. The predicted octanol–water partition coefficient (Wildman–Crippen LogP) is 3.70. The molecule has 2 nitrogen and oxygen atoms in total. The van der Waals surface area contributed by atoms with E-state index in [4.69, 9.17) is 5.73 Å². The minimum atomic E-state index is -0.0823. The van der Waals surface area contributed by atoms with Gasteiger partial charge in [-0.15, -0.1) is 0 Å². The maximum Gasteiger partial charge on any atom is 0.0599 e. The third-order valence-corrected chi connectivity index (χ3v) is 7.44. The first kappa shape index (κ1) is 14.0. The molecule has 0 aromatic rings. The lowest BCUT2D eigenvalue weighted by atomic mass is 9.54. The van der Waals surface area contributed by atoms with Crippen LogP contribution in [0, 0.1) is 16.7 Å². The number of aliphatic hydroxyl groups excluding tert-OH is 1. The predicted molar refractivity (Wildman–Crippen MR) is 85.7 cm³/mol. The number of fused-ring (bicyclic) bond motifs is 4. The van der Waals surface area contributed by atoms with Crippen molar-refractivity contribution < 1.29 is 5.11 Å². The van der Waals surface area contributed by atoms with Crippen LogP contribution < -0.4 is 5.73 Å². The number of rotatable bonds is 0. The molecule has 4 aliphatic carbocycles. The molecule has 4 rings (SSSR count). The Morgan fingerprint density at radius 2 is 1.90 bits per heavy atom. The van der Waals surface area contributed by atoms with E-state index < -0.39 is 0 Å². The summed E-state index contributed by atoms with van der Waals surface area (Å²) in [5, 5.41) is 10.5. The highest BCUT2D eigenvalue weighted by Gasteiger charge is 2.53. The van der Waals surface area contributed by atoms with E-state index in [1.807, 2.05) is 0 Å². The summed E-state index contributed by atoms with van der Waals surface area (Å²) in [6.45, 7) is 4.80. The monoisotopic (exact) mass is 287 g/mol. The molecule has 0 aromatic heterocycles. The summed E-state index contributed by atoms with van der Waals surface area (Å²) >= 11 is 0. The maximum atomic E-state index is 10.5. The second-order valence-electron chi connectivity index (χ2n) is 8.38. The minimum absolute atomic E-state index is 0.0823. The van der Waals surface area contributed by atoms with Crippen molar-refractivity contribution >= 4 is 0 Å². The summed E-state index contributed by atoms with van der Waals surface area (Å²) in [6, 6.07) is 0.275. The molecule has 0 aromatic carbocycles. The van der Waals surface area contributed by atoms with Gasteiger partial charge in [0.15, 0.2) is 0 Å². The molecule has 0 saturated heterocycles. The number of allylic oxidation sites excluding steroid dienone is 3. The molecule has 0 spiro atoms. The van der Waals surface area contributed by atoms with E-state index in [0.717, 1.165) is 12.8 Å². The summed E-state index contributed by atoms with van der Waals surface area (Å²) in [6.07, 6.45) is 11.6. The zero-order valence-electron chi connectivity index (χ0n) is 13.5. The summed E-state index contributed by atoms with van der Waals surface area (Å²) in [4.78, 5) is 0. The molecule has 21 heavy (non-hydrogen) atoms. The van der Waals surface area contributed by atoms with Crippen molar-refractivity contribution in [3.05, 3.63) is 22.8 Å². The Balaban J connectivity index is 1.78. The van der Waals surface area contributed by atoms with Crippen LogP contribution in [-0.2, 0) is 0 Å². The van der Waals surface area contributed by atoms with Gasteiger partial charge in [0.25, 0.3) is 0 Å². The molecule has 0 amide bonds. The number of hydrogen-bond donors (Lipinski definition) is 2. The molecule has 2 unspecified atom stereocenters. The van der Waals surface area contributed by atoms with E-state index in [1.165, 1.54) is 38.5 Å². The lowest BCUT2D eigenvalue weighted by Gasteiger charge is -2.51. The van der Waals surface area contributed by atoms with Crippen LogP contribution in [-0.4, -0.2) is 17.3 Å². The highest BCUT2D eigenvalue weighted by atomic mass is 16.3. The van der Waals surface area contributed by atoms with Crippen molar-refractivity contribution in [1.82, 2.24) is 0 Å². The quantitative estimate of drug-likeness (QED) is 0.667. The molecule has 1 fully saturated rings. The van der Waals surface area contributed by atoms with Crippen LogP contribution >= 0.6 is 0 Å². The van der Waals surface area contributed by atoms with E-state index in [1.54, 1.807) is 16.7 Å². The molecule has 5 atom stereocenters. The molecule has 0 bridgehead atoms. The second kappa shape index (κ2) is 4.45. The van der Waals surface area contributed by atoms with Crippen LogP contribution in [0.15, 0.2) is 22.8 Å². The van der Waals surface area contributed by atoms with Crippen molar-refractivity contribution in [3.8, 4) is 0 Å². The van der Waals surface area contributed by atoms with Crippen LogP contribution in [0.1, 0.15) is 65.2 Å². The van der Waals surface area contributed by atoms with E-state index in [0.29, 0.717) is 11.3 Å². The van der Waals surface area contributed by atoms with Gasteiger partial charge in [0.1, 0.15) is 0 Å². The first-order valence-corrected chi connectivity index (χ1v) is 8.82. The fraction of sp³-hybridized carbons (Fsp3) is 0.789. The lowest BCUT2D eigenvalue weighted by molar-refractivity contribution is 0.0317. The van der Waals surface area contributed by atoms with Crippen molar-refractivity contribution in [1.29, 1.82) is 0 Å². The van der Waals surface area contributed by atoms with Crippen molar-refractivity contribution in [2.75, 3.05) is 0 Å². The summed E-state index contributed by atoms with van der Waals surface area (Å²) < 4.78 is 0. The molecule has 0 aliphatic heterocycles. The Labute approximate surface area is 128 Å². The molecule has 0 radical (unpaired) electrons. The normalized spacial score (nSPS) is 49.3. The largest absolute Gasteiger partial charge is 0.393 e. The van der Waals surface area contributed by atoms with Gasteiger partial charge < -0.3 is 10.8 Å². The van der Waals surface area contributed by atoms with E-state index in [9.17, 15) is 5.11 Å². The smallest absolute Gasteiger partial charge is 0.0599 e. The van der Waals surface area contributed by atoms with Gasteiger partial charge >= 0.3 is 0 Å². The average Bonchev–Trinajstić information content (AvgIpc) is 2.76. The molecular weight excluding hydrogens is 258 g/mol. The fourth-order valence-corrected chi connectivity index (χ4v) is 5.96. The Morgan fingerprint density at radius 3 is 2.71 bits per heavy atom. The Kier molecular flexibility index (Phi) is 2.97.